The second-order valence-corrected chi connectivity index (χ2v) is 5.23. The van der Waals surface area contributed by atoms with Gasteiger partial charge in [-0.3, -0.25) is 10.1 Å². The van der Waals surface area contributed by atoms with Crippen LogP contribution in [-0.4, -0.2) is 34.0 Å². The second-order valence-electron chi connectivity index (χ2n) is 3.91. The first-order valence-electron chi connectivity index (χ1n) is 5.33. The van der Waals surface area contributed by atoms with Gasteiger partial charge < -0.3 is 10.4 Å². The maximum absolute atomic E-state index is 11.2. The van der Waals surface area contributed by atoms with Crippen LogP contribution in [0.3, 0.4) is 0 Å². The molecule has 19 heavy (non-hydrogen) atoms. The van der Waals surface area contributed by atoms with Crippen LogP contribution >= 0.6 is 23.4 Å². The number of thioether (sulfide) groups is 1. The van der Waals surface area contributed by atoms with Crippen LogP contribution in [0.4, 0.5) is 11.4 Å². The average molecular weight is 305 g/mol. The summed E-state index contributed by atoms with van der Waals surface area (Å²) in [6.07, 6.45) is 1.92. The predicted molar refractivity (Wildman–Crippen MR) is 76.5 cm³/mol. The third-order valence-electron chi connectivity index (χ3n) is 2.32. The van der Waals surface area contributed by atoms with Crippen molar-refractivity contribution in [1.29, 1.82) is 0 Å². The van der Waals surface area contributed by atoms with E-state index < -0.39 is 10.9 Å². The van der Waals surface area contributed by atoms with Crippen molar-refractivity contribution in [2.45, 2.75) is 13.0 Å². The molecule has 0 bridgehead atoms. The zero-order chi connectivity index (χ0) is 14.6. The molecule has 0 spiro atoms. The minimum absolute atomic E-state index is 0.00736. The summed E-state index contributed by atoms with van der Waals surface area (Å²) >= 11 is 7.53. The highest BCUT2D eigenvalue weighted by atomic mass is 35.5. The normalized spacial score (nSPS) is 11.9. The molecular weight excluding hydrogens is 292 g/mol. The lowest BCUT2D eigenvalue weighted by Crippen LogP contribution is -2.20. The number of rotatable bonds is 6. The fourth-order valence-electron chi connectivity index (χ4n) is 1.55. The Kier molecular flexibility index (Phi) is 5.44. The topological polar surface area (TPSA) is 92.5 Å². The summed E-state index contributed by atoms with van der Waals surface area (Å²) < 4.78 is 0. The van der Waals surface area contributed by atoms with Crippen LogP contribution in [0.5, 0.6) is 0 Å². The van der Waals surface area contributed by atoms with Crippen LogP contribution in [0.1, 0.15) is 17.3 Å². The van der Waals surface area contributed by atoms with Crippen LogP contribution in [0.25, 0.3) is 0 Å². The molecule has 0 saturated heterocycles. The van der Waals surface area contributed by atoms with Crippen molar-refractivity contribution in [3.8, 4) is 0 Å². The number of nitro benzene ring substituents is 1. The van der Waals surface area contributed by atoms with E-state index in [-0.39, 0.29) is 28.0 Å². The zero-order valence-corrected chi connectivity index (χ0v) is 11.9. The number of nitrogens with zero attached hydrogens (tertiary/aromatic N) is 1. The van der Waals surface area contributed by atoms with Crippen molar-refractivity contribution >= 4 is 40.7 Å². The first kappa shape index (κ1) is 15.6. The molecule has 0 aliphatic carbocycles. The SMILES string of the molecule is CSCC(C)Nc1c(Cl)cc([N+](=O)[O-])cc1C(=O)O. The zero-order valence-electron chi connectivity index (χ0n) is 10.3. The number of hydrogen-bond acceptors (Lipinski definition) is 5. The smallest absolute Gasteiger partial charge is 0.338 e. The van der Waals surface area contributed by atoms with Crippen LogP contribution in [0.15, 0.2) is 12.1 Å². The van der Waals surface area contributed by atoms with Crippen LogP contribution in [0, 0.1) is 10.1 Å². The maximum atomic E-state index is 11.2. The van der Waals surface area contributed by atoms with Crippen molar-refractivity contribution in [2.75, 3.05) is 17.3 Å². The molecule has 0 aromatic heterocycles. The van der Waals surface area contributed by atoms with E-state index >= 15 is 0 Å². The minimum atomic E-state index is -1.26. The fourth-order valence-corrected chi connectivity index (χ4v) is 2.40. The Morgan fingerprint density at radius 2 is 2.26 bits per heavy atom. The molecule has 0 aliphatic rings. The molecule has 0 fully saturated rings. The van der Waals surface area contributed by atoms with E-state index in [4.69, 9.17) is 16.7 Å². The molecule has 0 aliphatic heterocycles. The van der Waals surface area contributed by atoms with Gasteiger partial charge in [-0.15, -0.1) is 0 Å². The summed E-state index contributed by atoms with van der Waals surface area (Å²) in [5.74, 6) is -0.503. The van der Waals surface area contributed by atoms with E-state index in [1.807, 2.05) is 13.2 Å². The summed E-state index contributed by atoms with van der Waals surface area (Å²) in [4.78, 5) is 21.2. The molecule has 6 nitrogen and oxygen atoms in total. The monoisotopic (exact) mass is 304 g/mol. The maximum Gasteiger partial charge on any atom is 0.338 e. The highest BCUT2D eigenvalue weighted by molar-refractivity contribution is 7.98. The van der Waals surface area contributed by atoms with E-state index in [1.165, 1.54) is 0 Å². The number of nitrogens with one attached hydrogen (secondary N) is 1. The number of halogens is 1. The molecule has 1 aromatic carbocycles. The number of anilines is 1. The second kappa shape index (κ2) is 6.63. The first-order valence-corrected chi connectivity index (χ1v) is 7.10. The molecule has 1 aromatic rings. The van der Waals surface area contributed by atoms with E-state index in [9.17, 15) is 14.9 Å². The van der Waals surface area contributed by atoms with E-state index in [1.54, 1.807) is 11.8 Å². The van der Waals surface area contributed by atoms with Gasteiger partial charge in [-0.1, -0.05) is 11.6 Å². The molecule has 0 radical (unpaired) electrons. The van der Waals surface area contributed by atoms with Gasteiger partial charge in [-0.05, 0) is 13.2 Å². The van der Waals surface area contributed by atoms with Gasteiger partial charge in [0.25, 0.3) is 5.69 Å². The van der Waals surface area contributed by atoms with Crippen LogP contribution < -0.4 is 5.32 Å². The molecule has 1 rings (SSSR count). The Morgan fingerprint density at radius 3 is 2.74 bits per heavy atom. The molecule has 1 atom stereocenters. The summed E-state index contributed by atoms with van der Waals surface area (Å²) in [5, 5.41) is 22.8. The first-order chi connectivity index (χ1) is 8.86. The van der Waals surface area contributed by atoms with Gasteiger partial charge >= 0.3 is 5.97 Å². The van der Waals surface area contributed by atoms with Gasteiger partial charge in [0, 0.05) is 23.9 Å². The standard InChI is InChI=1S/C11H13ClN2O4S/c1-6(5-19-2)13-10-8(11(15)16)3-7(14(17)18)4-9(10)12/h3-4,6,13H,5H2,1-2H3,(H,15,16). The van der Waals surface area contributed by atoms with Gasteiger partial charge in [-0.2, -0.15) is 11.8 Å². The van der Waals surface area contributed by atoms with Gasteiger partial charge in [-0.25, -0.2) is 4.79 Å². The third-order valence-corrected chi connectivity index (χ3v) is 3.46. The highest BCUT2D eigenvalue weighted by Crippen LogP contribution is 2.32. The number of carboxylic acid groups (broad SMARTS) is 1. The molecule has 0 heterocycles. The van der Waals surface area contributed by atoms with Crippen molar-refractivity contribution in [1.82, 2.24) is 0 Å². The number of carbonyl (C=O) groups is 1. The lowest BCUT2D eigenvalue weighted by Gasteiger charge is -2.17. The van der Waals surface area contributed by atoms with Crippen molar-refractivity contribution < 1.29 is 14.8 Å². The van der Waals surface area contributed by atoms with Gasteiger partial charge in [0.05, 0.1) is 21.2 Å². The Bertz CT molecular complexity index is 510. The van der Waals surface area contributed by atoms with Gasteiger partial charge in [0.15, 0.2) is 0 Å². The number of hydrogen-bond donors (Lipinski definition) is 2. The summed E-state index contributed by atoms with van der Waals surface area (Å²) in [7, 11) is 0. The van der Waals surface area contributed by atoms with Crippen molar-refractivity contribution in [3.05, 3.63) is 32.8 Å². The highest BCUT2D eigenvalue weighted by Gasteiger charge is 2.21. The van der Waals surface area contributed by atoms with Crippen LogP contribution in [0.2, 0.25) is 5.02 Å². The van der Waals surface area contributed by atoms with Crippen molar-refractivity contribution in [3.63, 3.8) is 0 Å². The number of nitro groups is 1. The Labute approximate surface area is 119 Å². The molecule has 104 valence electrons. The number of benzene rings is 1. The lowest BCUT2D eigenvalue weighted by atomic mass is 10.1. The quantitative estimate of drug-likeness (QED) is 0.619. The molecule has 8 heteroatoms. The largest absolute Gasteiger partial charge is 0.478 e. The van der Waals surface area contributed by atoms with Crippen molar-refractivity contribution in [2.24, 2.45) is 0 Å². The number of carboxylic acids is 1. The Hall–Kier alpha value is -1.47. The summed E-state index contributed by atoms with van der Waals surface area (Å²) in [6.45, 7) is 1.87. The molecule has 2 N–H and O–H groups in total. The van der Waals surface area contributed by atoms with Crippen LogP contribution in [-0.2, 0) is 0 Å². The third kappa shape index (κ3) is 4.00. The van der Waals surface area contributed by atoms with E-state index in [2.05, 4.69) is 5.32 Å². The fraction of sp³-hybridized carbons (Fsp3) is 0.364. The minimum Gasteiger partial charge on any atom is -0.478 e. The summed E-state index contributed by atoms with van der Waals surface area (Å²) in [5.41, 5.74) is -0.334. The van der Waals surface area contributed by atoms with E-state index in [0.29, 0.717) is 0 Å². The number of aromatic carboxylic acids is 1. The Morgan fingerprint density at radius 1 is 1.63 bits per heavy atom. The average Bonchev–Trinajstić information content (AvgIpc) is 2.31. The number of non-ortho nitro benzene ring substituents is 1. The van der Waals surface area contributed by atoms with E-state index in [0.717, 1.165) is 17.9 Å². The predicted octanol–water partition coefficient (Wildman–Crippen LogP) is 3.11. The molecule has 0 amide bonds. The lowest BCUT2D eigenvalue weighted by molar-refractivity contribution is -0.384. The Balaban J connectivity index is 3.22. The van der Waals surface area contributed by atoms with Gasteiger partial charge in [0.2, 0.25) is 0 Å². The molecule has 1 unspecified atom stereocenters. The van der Waals surface area contributed by atoms with Gasteiger partial charge in [0.1, 0.15) is 0 Å². The molecule has 0 saturated carbocycles. The molecular formula is C11H13ClN2O4S. The summed E-state index contributed by atoms with van der Waals surface area (Å²) in [6, 6.07) is 2.14.